The third kappa shape index (κ3) is 4.54. The van der Waals surface area contributed by atoms with Gasteiger partial charge in [0.15, 0.2) is 0 Å². The van der Waals surface area contributed by atoms with Crippen molar-refractivity contribution in [2.45, 2.75) is 44.2 Å². The van der Waals surface area contributed by atoms with Gasteiger partial charge >= 0.3 is 0 Å². The Balaban J connectivity index is 1.52. The van der Waals surface area contributed by atoms with Gasteiger partial charge in [-0.2, -0.15) is 0 Å². The number of thiophene rings is 1. The van der Waals surface area contributed by atoms with Crippen molar-refractivity contribution in [3.63, 3.8) is 0 Å². The number of likely N-dealkylation sites (tertiary alicyclic amines) is 1. The van der Waals surface area contributed by atoms with Crippen LogP contribution in [0.25, 0.3) is 10.2 Å². The van der Waals surface area contributed by atoms with Crippen molar-refractivity contribution in [3.05, 3.63) is 16.8 Å². The number of ether oxygens (including phenoxy) is 1. The molecule has 1 amide bonds. The zero-order valence-electron chi connectivity index (χ0n) is 15.4. The number of aromatic nitrogens is 2. The molecule has 0 radical (unpaired) electrons. The molecule has 142 valence electrons. The van der Waals surface area contributed by atoms with Crippen LogP contribution in [0.1, 0.15) is 29.7 Å². The summed E-state index contributed by atoms with van der Waals surface area (Å²) in [6.07, 6.45) is 4.55. The lowest BCUT2D eigenvalue weighted by atomic mass is 10.1. The zero-order chi connectivity index (χ0) is 18.5. The van der Waals surface area contributed by atoms with Crippen LogP contribution in [0.4, 0.5) is 0 Å². The van der Waals surface area contributed by atoms with Crippen LogP contribution < -0.4 is 5.73 Å². The Kier molecular flexibility index (Phi) is 6.86. The normalized spacial score (nSPS) is 15.7. The van der Waals surface area contributed by atoms with Gasteiger partial charge in [-0.1, -0.05) is 11.8 Å². The molecule has 0 bridgehead atoms. The fourth-order valence-electron chi connectivity index (χ4n) is 3.09. The summed E-state index contributed by atoms with van der Waals surface area (Å²) in [6, 6.07) is 0. The molecule has 3 heterocycles. The van der Waals surface area contributed by atoms with Crippen LogP contribution in [-0.4, -0.2) is 58.9 Å². The van der Waals surface area contributed by atoms with Crippen LogP contribution >= 0.6 is 23.1 Å². The van der Waals surface area contributed by atoms with Crippen LogP contribution in [0, 0.1) is 13.8 Å². The topological polar surface area (TPSA) is 81.3 Å². The van der Waals surface area contributed by atoms with Gasteiger partial charge in [0.2, 0.25) is 5.91 Å². The van der Waals surface area contributed by atoms with E-state index in [1.165, 1.54) is 22.2 Å². The molecule has 26 heavy (non-hydrogen) atoms. The lowest BCUT2D eigenvalue weighted by Gasteiger charge is -2.32. The number of thioether (sulfide) groups is 1. The van der Waals surface area contributed by atoms with Gasteiger partial charge in [0, 0.05) is 30.0 Å². The minimum atomic E-state index is 0.173. The van der Waals surface area contributed by atoms with Gasteiger partial charge in [-0.3, -0.25) is 4.79 Å². The van der Waals surface area contributed by atoms with E-state index < -0.39 is 0 Å². The summed E-state index contributed by atoms with van der Waals surface area (Å²) in [6.45, 7) is 7.10. The molecule has 2 aromatic heterocycles. The average Bonchev–Trinajstić information content (AvgIpc) is 2.95. The lowest BCUT2D eigenvalue weighted by Crippen LogP contribution is -2.41. The average molecular weight is 395 g/mol. The first kappa shape index (κ1) is 19.5. The predicted molar refractivity (Wildman–Crippen MR) is 107 cm³/mol. The summed E-state index contributed by atoms with van der Waals surface area (Å²) >= 11 is 3.20. The first-order valence-corrected chi connectivity index (χ1v) is 10.8. The smallest absolute Gasteiger partial charge is 0.232 e. The summed E-state index contributed by atoms with van der Waals surface area (Å²) in [5.41, 5.74) is 6.71. The van der Waals surface area contributed by atoms with Crippen LogP contribution in [0.15, 0.2) is 11.4 Å². The molecule has 6 nitrogen and oxygen atoms in total. The standard InChI is InChI=1S/C18H26N4O2S2/c1-12-13(2)26-18-16(12)17(20-11-21-18)25-10-15(23)22-7-4-14(5-8-22)24-9-3-6-19/h11,14H,3-10,19H2,1-2H3. The van der Waals surface area contributed by atoms with E-state index in [-0.39, 0.29) is 12.0 Å². The molecule has 2 aromatic rings. The highest BCUT2D eigenvalue weighted by Crippen LogP contribution is 2.34. The molecule has 2 N–H and O–H groups in total. The summed E-state index contributed by atoms with van der Waals surface area (Å²) in [7, 11) is 0. The minimum Gasteiger partial charge on any atom is -0.378 e. The Morgan fingerprint density at radius 2 is 2.15 bits per heavy atom. The highest BCUT2D eigenvalue weighted by molar-refractivity contribution is 8.00. The van der Waals surface area contributed by atoms with Crippen LogP contribution in [0.3, 0.4) is 0 Å². The molecular formula is C18H26N4O2S2. The number of nitrogens with two attached hydrogens (primary N) is 1. The van der Waals surface area contributed by atoms with Crippen molar-refractivity contribution < 1.29 is 9.53 Å². The third-order valence-electron chi connectivity index (χ3n) is 4.76. The molecule has 1 fully saturated rings. The second kappa shape index (κ2) is 9.12. The minimum absolute atomic E-state index is 0.173. The Morgan fingerprint density at radius 1 is 1.38 bits per heavy atom. The number of hydrogen-bond acceptors (Lipinski definition) is 7. The van der Waals surface area contributed by atoms with Gasteiger partial charge in [0.05, 0.1) is 11.9 Å². The van der Waals surface area contributed by atoms with E-state index in [1.807, 2.05) is 4.90 Å². The molecule has 0 aromatic carbocycles. The molecule has 0 aliphatic carbocycles. The Morgan fingerprint density at radius 3 is 2.88 bits per heavy atom. The second-order valence-corrected chi connectivity index (χ2v) is 8.69. The van der Waals surface area contributed by atoms with Gasteiger partial charge in [-0.15, -0.1) is 11.3 Å². The van der Waals surface area contributed by atoms with E-state index >= 15 is 0 Å². The number of carbonyl (C=O) groups excluding carboxylic acids is 1. The van der Waals surface area contributed by atoms with Crippen molar-refractivity contribution >= 4 is 39.2 Å². The maximum Gasteiger partial charge on any atom is 0.232 e. The van der Waals surface area contributed by atoms with E-state index in [1.54, 1.807) is 17.7 Å². The molecule has 1 aliphatic heterocycles. The Labute approximate surface area is 162 Å². The second-order valence-electron chi connectivity index (χ2n) is 6.52. The van der Waals surface area contributed by atoms with E-state index in [0.717, 1.165) is 47.6 Å². The number of amides is 1. The van der Waals surface area contributed by atoms with Crippen molar-refractivity contribution in [3.8, 4) is 0 Å². The molecule has 0 saturated carbocycles. The molecule has 8 heteroatoms. The Hall–Kier alpha value is -1.22. The van der Waals surface area contributed by atoms with Crippen molar-refractivity contribution in [2.24, 2.45) is 5.73 Å². The maximum atomic E-state index is 12.6. The first-order chi connectivity index (χ1) is 12.6. The van der Waals surface area contributed by atoms with E-state index in [2.05, 4.69) is 23.8 Å². The monoisotopic (exact) mass is 394 g/mol. The maximum absolute atomic E-state index is 12.6. The van der Waals surface area contributed by atoms with Crippen LogP contribution in [0.2, 0.25) is 0 Å². The Bertz CT molecular complexity index is 757. The molecule has 0 unspecified atom stereocenters. The number of piperidine rings is 1. The molecule has 1 saturated heterocycles. The van der Waals surface area contributed by atoms with Crippen molar-refractivity contribution in [1.82, 2.24) is 14.9 Å². The molecule has 0 atom stereocenters. The van der Waals surface area contributed by atoms with Gasteiger partial charge in [0.1, 0.15) is 16.2 Å². The van der Waals surface area contributed by atoms with Crippen LogP contribution in [-0.2, 0) is 9.53 Å². The van der Waals surface area contributed by atoms with E-state index in [9.17, 15) is 4.79 Å². The molecule has 0 spiro atoms. The number of rotatable bonds is 7. The number of hydrogen-bond donors (Lipinski definition) is 1. The number of carbonyl (C=O) groups is 1. The largest absolute Gasteiger partial charge is 0.378 e. The fraction of sp³-hybridized carbons (Fsp3) is 0.611. The van der Waals surface area contributed by atoms with Crippen LogP contribution in [0.5, 0.6) is 0 Å². The number of fused-ring (bicyclic) bond motifs is 1. The SMILES string of the molecule is Cc1sc2ncnc(SCC(=O)N3CCC(OCCCN)CC3)c2c1C. The first-order valence-electron chi connectivity index (χ1n) is 9.03. The van der Waals surface area contributed by atoms with Crippen molar-refractivity contribution in [1.29, 1.82) is 0 Å². The predicted octanol–water partition coefficient (Wildman–Crippen LogP) is 2.76. The van der Waals surface area contributed by atoms with Gasteiger partial charge in [-0.05, 0) is 45.2 Å². The highest BCUT2D eigenvalue weighted by atomic mass is 32.2. The van der Waals surface area contributed by atoms with Gasteiger partial charge in [0.25, 0.3) is 0 Å². The molecular weight excluding hydrogens is 368 g/mol. The van der Waals surface area contributed by atoms with Gasteiger partial charge < -0.3 is 15.4 Å². The number of nitrogens with zero attached hydrogens (tertiary/aromatic N) is 3. The van der Waals surface area contributed by atoms with Crippen molar-refractivity contribution in [2.75, 3.05) is 32.0 Å². The van der Waals surface area contributed by atoms with Gasteiger partial charge in [-0.25, -0.2) is 9.97 Å². The lowest BCUT2D eigenvalue weighted by molar-refractivity contribution is -0.130. The summed E-state index contributed by atoms with van der Waals surface area (Å²) in [4.78, 5) is 25.5. The molecule has 3 rings (SSSR count). The molecule has 1 aliphatic rings. The summed E-state index contributed by atoms with van der Waals surface area (Å²) in [5, 5.41) is 2.00. The van der Waals surface area contributed by atoms with E-state index in [4.69, 9.17) is 10.5 Å². The third-order valence-corrected chi connectivity index (χ3v) is 6.85. The summed E-state index contributed by atoms with van der Waals surface area (Å²) < 4.78 is 5.81. The highest BCUT2D eigenvalue weighted by Gasteiger charge is 2.23. The zero-order valence-corrected chi connectivity index (χ0v) is 17.0. The number of aryl methyl sites for hydroxylation is 2. The quantitative estimate of drug-likeness (QED) is 0.442. The summed E-state index contributed by atoms with van der Waals surface area (Å²) in [5.74, 6) is 0.589. The van der Waals surface area contributed by atoms with E-state index in [0.29, 0.717) is 18.9 Å². The fourth-order valence-corrected chi connectivity index (χ4v) is 5.11.